The molecule has 0 aliphatic rings. The molecule has 4 nitrogen and oxygen atoms in total. The normalized spacial score (nSPS) is 11.6. The molecule has 0 aliphatic carbocycles. The number of ether oxygens (including phenoxy) is 1. The predicted molar refractivity (Wildman–Crippen MR) is 93.5 cm³/mol. The van der Waals surface area contributed by atoms with Crippen LogP contribution >= 0.6 is 27.5 Å². The molecule has 1 atom stereocenters. The van der Waals surface area contributed by atoms with Crippen molar-refractivity contribution < 1.29 is 14.3 Å². The van der Waals surface area contributed by atoms with Crippen LogP contribution in [-0.4, -0.2) is 18.0 Å². The fraction of sp³-hybridized carbons (Fsp3) is 0.176. The fourth-order valence-corrected chi connectivity index (χ4v) is 2.23. The first-order valence-electron chi connectivity index (χ1n) is 6.94. The van der Waals surface area contributed by atoms with Crippen LogP contribution in [0.1, 0.15) is 12.5 Å². The number of benzene rings is 2. The average molecular weight is 397 g/mol. The minimum absolute atomic E-state index is 0.117. The van der Waals surface area contributed by atoms with Gasteiger partial charge in [-0.2, -0.15) is 0 Å². The van der Waals surface area contributed by atoms with Gasteiger partial charge in [0.2, 0.25) is 0 Å². The lowest BCUT2D eigenvalue weighted by atomic mass is 10.1. The molecular formula is C17H15BrClNO3. The largest absolute Gasteiger partial charge is 0.452 e. The van der Waals surface area contributed by atoms with Gasteiger partial charge in [-0.15, -0.1) is 0 Å². The van der Waals surface area contributed by atoms with Crippen LogP contribution in [-0.2, 0) is 20.7 Å². The second-order valence-electron chi connectivity index (χ2n) is 4.93. The number of anilines is 1. The summed E-state index contributed by atoms with van der Waals surface area (Å²) in [5, 5.41) is 3.25. The second kappa shape index (κ2) is 8.13. The molecule has 0 saturated carbocycles. The number of carbonyl (C=O) groups is 2. The van der Waals surface area contributed by atoms with Crippen molar-refractivity contribution in [3.63, 3.8) is 0 Å². The van der Waals surface area contributed by atoms with Crippen LogP contribution in [0.5, 0.6) is 0 Å². The number of halogens is 2. The standard InChI is InChI=1S/C17H15BrClNO3/c1-11(17(22)20-15-8-6-14(19)7-9-15)23-16(21)10-12-2-4-13(18)5-3-12/h2-9,11H,10H2,1H3,(H,20,22)/t11-/m0/s1. The third kappa shape index (κ3) is 5.69. The zero-order chi connectivity index (χ0) is 16.8. The summed E-state index contributed by atoms with van der Waals surface area (Å²) in [6.45, 7) is 1.53. The van der Waals surface area contributed by atoms with Crippen LogP contribution in [0.2, 0.25) is 5.02 Å². The molecule has 1 N–H and O–H groups in total. The summed E-state index contributed by atoms with van der Waals surface area (Å²) in [6, 6.07) is 14.0. The van der Waals surface area contributed by atoms with Gasteiger partial charge in [-0.1, -0.05) is 39.7 Å². The maximum atomic E-state index is 12.0. The van der Waals surface area contributed by atoms with E-state index in [4.69, 9.17) is 16.3 Å². The van der Waals surface area contributed by atoms with Crippen molar-refractivity contribution in [1.29, 1.82) is 0 Å². The van der Waals surface area contributed by atoms with E-state index in [1.165, 1.54) is 6.92 Å². The number of nitrogens with one attached hydrogen (secondary N) is 1. The van der Waals surface area contributed by atoms with Gasteiger partial charge < -0.3 is 10.1 Å². The topological polar surface area (TPSA) is 55.4 Å². The number of hydrogen-bond donors (Lipinski definition) is 1. The van der Waals surface area contributed by atoms with E-state index >= 15 is 0 Å². The Hall–Kier alpha value is -1.85. The first-order valence-corrected chi connectivity index (χ1v) is 8.11. The maximum Gasteiger partial charge on any atom is 0.311 e. The molecule has 0 aliphatic heterocycles. The van der Waals surface area contributed by atoms with E-state index in [0.29, 0.717) is 10.7 Å². The van der Waals surface area contributed by atoms with Crippen LogP contribution in [0.3, 0.4) is 0 Å². The Morgan fingerprint density at radius 1 is 1.13 bits per heavy atom. The van der Waals surface area contributed by atoms with E-state index in [0.717, 1.165) is 10.0 Å². The summed E-state index contributed by atoms with van der Waals surface area (Å²) in [6.07, 6.45) is -0.764. The molecule has 0 aromatic heterocycles. The number of esters is 1. The Morgan fingerprint density at radius 3 is 2.35 bits per heavy atom. The van der Waals surface area contributed by atoms with Gasteiger partial charge in [-0.3, -0.25) is 9.59 Å². The summed E-state index contributed by atoms with van der Waals surface area (Å²) in [7, 11) is 0. The van der Waals surface area contributed by atoms with E-state index in [-0.39, 0.29) is 6.42 Å². The molecule has 0 saturated heterocycles. The van der Waals surface area contributed by atoms with Gasteiger partial charge in [0.1, 0.15) is 0 Å². The third-order valence-electron chi connectivity index (χ3n) is 3.05. The third-order valence-corrected chi connectivity index (χ3v) is 3.83. The number of carbonyl (C=O) groups excluding carboxylic acids is 2. The highest BCUT2D eigenvalue weighted by molar-refractivity contribution is 9.10. The van der Waals surface area contributed by atoms with E-state index in [2.05, 4.69) is 21.2 Å². The monoisotopic (exact) mass is 395 g/mol. The van der Waals surface area contributed by atoms with Gasteiger partial charge in [0.15, 0.2) is 6.10 Å². The Balaban J connectivity index is 1.86. The second-order valence-corrected chi connectivity index (χ2v) is 6.28. The van der Waals surface area contributed by atoms with Crippen molar-refractivity contribution in [3.8, 4) is 0 Å². The van der Waals surface area contributed by atoms with E-state index in [1.54, 1.807) is 24.3 Å². The molecule has 0 spiro atoms. The van der Waals surface area contributed by atoms with E-state index < -0.39 is 18.0 Å². The van der Waals surface area contributed by atoms with Gasteiger partial charge in [-0.05, 0) is 48.9 Å². The minimum atomic E-state index is -0.881. The van der Waals surface area contributed by atoms with Crippen LogP contribution in [0.4, 0.5) is 5.69 Å². The van der Waals surface area contributed by atoms with Crippen molar-refractivity contribution >= 4 is 45.1 Å². The Morgan fingerprint density at radius 2 is 1.74 bits per heavy atom. The zero-order valence-corrected chi connectivity index (χ0v) is 14.7. The average Bonchev–Trinajstić information content (AvgIpc) is 2.51. The Kier molecular flexibility index (Phi) is 6.19. The number of amides is 1. The van der Waals surface area contributed by atoms with Crippen molar-refractivity contribution in [3.05, 3.63) is 63.6 Å². The van der Waals surface area contributed by atoms with Gasteiger partial charge in [0.25, 0.3) is 5.91 Å². The summed E-state index contributed by atoms with van der Waals surface area (Å²) in [4.78, 5) is 23.9. The molecule has 0 unspecified atom stereocenters. The zero-order valence-electron chi connectivity index (χ0n) is 12.4. The number of hydrogen-bond acceptors (Lipinski definition) is 3. The van der Waals surface area contributed by atoms with Gasteiger partial charge >= 0.3 is 5.97 Å². The lowest BCUT2D eigenvalue weighted by molar-refractivity contribution is -0.152. The number of rotatable bonds is 5. The minimum Gasteiger partial charge on any atom is -0.452 e. The Labute approximate surface area is 147 Å². The molecule has 2 rings (SSSR count). The summed E-state index contributed by atoms with van der Waals surface area (Å²) in [5.74, 6) is -0.845. The fourth-order valence-electron chi connectivity index (χ4n) is 1.84. The van der Waals surface area contributed by atoms with Crippen LogP contribution in [0.15, 0.2) is 53.0 Å². The Bertz CT molecular complexity index is 686. The molecule has 2 aromatic carbocycles. The summed E-state index contributed by atoms with van der Waals surface area (Å²) >= 11 is 9.11. The first-order chi connectivity index (χ1) is 10.9. The first kappa shape index (κ1) is 17.5. The quantitative estimate of drug-likeness (QED) is 0.770. The highest BCUT2D eigenvalue weighted by atomic mass is 79.9. The van der Waals surface area contributed by atoms with Crippen LogP contribution in [0.25, 0.3) is 0 Å². The molecular weight excluding hydrogens is 382 g/mol. The van der Waals surface area contributed by atoms with Crippen molar-refractivity contribution in [2.45, 2.75) is 19.4 Å². The van der Waals surface area contributed by atoms with E-state index in [1.807, 2.05) is 24.3 Å². The molecule has 6 heteroatoms. The predicted octanol–water partition coefficient (Wildman–Crippen LogP) is 4.22. The maximum absolute atomic E-state index is 12.0. The van der Waals surface area contributed by atoms with Crippen molar-refractivity contribution in [1.82, 2.24) is 0 Å². The van der Waals surface area contributed by atoms with E-state index in [9.17, 15) is 9.59 Å². The van der Waals surface area contributed by atoms with Gasteiger partial charge in [0, 0.05) is 15.2 Å². The van der Waals surface area contributed by atoms with Gasteiger partial charge in [0.05, 0.1) is 6.42 Å². The van der Waals surface area contributed by atoms with Crippen LogP contribution in [0, 0.1) is 0 Å². The molecule has 0 radical (unpaired) electrons. The lowest BCUT2D eigenvalue weighted by Gasteiger charge is -2.13. The molecule has 2 aromatic rings. The lowest BCUT2D eigenvalue weighted by Crippen LogP contribution is -2.30. The van der Waals surface area contributed by atoms with Crippen molar-refractivity contribution in [2.24, 2.45) is 0 Å². The summed E-state index contributed by atoms with van der Waals surface area (Å²) < 4.78 is 6.09. The smallest absolute Gasteiger partial charge is 0.311 e. The molecule has 0 bridgehead atoms. The van der Waals surface area contributed by atoms with Gasteiger partial charge in [-0.25, -0.2) is 0 Å². The van der Waals surface area contributed by atoms with Crippen molar-refractivity contribution in [2.75, 3.05) is 5.32 Å². The van der Waals surface area contributed by atoms with Crippen LogP contribution < -0.4 is 5.32 Å². The highest BCUT2D eigenvalue weighted by Crippen LogP contribution is 2.14. The highest BCUT2D eigenvalue weighted by Gasteiger charge is 2.18. The SMILES string of the molecule is C[C@H](OC(=O)Cc1ccc(Br)cc1)C(=O)Nc1ccc(Cl)cc1. The molecule has 23 heavy (non-hydrogen) atoms. The molecule has 0 heterocycles. The molecule has 120 valence electrons. The molecule has 1 amide bonds. The summed E-state index contributed by atoms with van der Waals surface area (Å²) in [5.41, 5.74) is 1.42. The molecule has 0 fully saturated rings.